The molecule has 0 saturated heterocycles. The normalized spacial score (nSPS) is 13.3. The minimum atomic E-state index is -0.0925. The average Bonchev–Trinajstić information content (AvgIpc) is 2.60. The lowest BCUT2D eigenvalue weighted by atomic mass is 9.93. The maximum Gasteiger partial charge on any atom is 0.130 e. The Bertz CT molecular complexity index is 281. The topological polar surface area (TPSA) is 12.0 Å². The van der Waals surface area contributed by atoms with Crippen molar-refractivity contribution in [3.8, 4) is 0 Å². The number of unbranched alkanes of at least 4 members (excludes halogenated alkanes) is 11. The zero-order chi connectivity index (χ0) is 19.5. The summed E-state index contributed by atoms with van der Waals surface area (Å²) in [6, 6.07) is 0. The number of halogens is 2. The lowest BCUT2D eigenvalue weighted by molar-refractivity contribution is 0.371. The quantitative estimate of drug-likeness (QED) is 0.101. The SMILES string of the molecule is [CH2]CCC(CCCCCCCCCC)CC(Br)(Br)NCCCCCCC. The minimum Gasteiger partial charge on any atom is -0.293 e. The molecular formula is C23H46Br2N. The van der Waals surface area contributed by atoms with Crippen LogP contribution in [0.4, 0.5) is 0 Å². The molecule has 0 rings (SSSR count). The van der Waals surface area contributed by atoms with Gasteiger partial charge in [0.25, 0.3) is 0 Å². The van der Waals surface area contributed by atoms with Crippen molar-refractivity contribution in [3.63, 3.8) is 0 Å². The molecule has 0 spiro atoms. The highest BCUT2D eigenvalue weighted by atomic mass is 79.9. The molecule has 0 aromatic carbocycles. The zero-order valence-electron chi connectivity index (χ0n) is 17.8. The summed E-state index contributed by atoms with van der Waals surface area (Å²) in [7, 11) is 0. The molecule has 0 aliphatic rings. The van der Waals surface area contributed by atoms with Gasteiger partial charge in [-0.2, -0.15) is 0 Å². The van der Waals surface area contributed by atoms with Crippen LogP contribution in [-0.4, -0.2) is 9.90 Å². The van der Waals surface area contributed by atoms with Crippen LogP contribution in [-0.2, 0) is 0 Å². The standard InChI is InChI=1S/C23H46Br2N/c1-4-7-9-11-12-13-14-16-19-22(18-6-3)21-23(24,25)26-20-17-15-10-8-5-2/h22,26H,3-21H2,1-2H3. The lowest BCUT2D eigenvalue weighted by Gasteiger charge is -2.28. The predicted octanol–water partition coefficient (Wildman–Crippen LogP) is 9.14. The third-order valence-electron chi connectivity index (χ3n) is 5.29. The van der Waals surface area contributed by atoms with E-state index in [1.807, 2.05) is 0 Å². The van der Waals surface area contributed by atoms with Gasteiger partial charge in [-0.05, 0) is 25.3 Å². The summed E-state index contributed by atoms with van der Waals surface area (Å²) in [5.41, 5.74) is 0. The van der Waals surface area contributed by atoms with Crippen LogP contribution in [0.1, 0.15) is 123 Å². The van der Waals surface area contributed by atoms with Gasteiger partial charge in [0, 0.05) is 0 Å². The number of hydrogen-bond donors (Lipinski definition) is 1. The maximum absolute atomic E-state index is 4.09. The molecule has 0 aromatic heterocycles. The average molecular weight is 496 g/mol. The molecule has 0 fully saturated rings. The highest BCUT2D eigenvalue weighted by molar-refractivity contribution is 9.25. The summed E-state index contributed by atoms with van der Waals surface area (Å²) >= 11 is 7.76. The van der Waals surface area contributed by atoms with Crippen molar-refractivity contribution in [1.29, 1.82) is 0 Å². The van der Waals surface area contributed by atoms with Gasteiger partial charge < -0.3 is 0 Å². The molecule has 0 aliphatic carbocycles. The van der Waals surface area contributed by atoms with E-state index in [0.29, 0.717) is 0 Å². The molecule has 0 saturated carbocycles. The molecule has 1 atom stereocenters. The van der Waals surface area contributed by atoms with Gasteiger partial charge in [0.05, 0.1) is 0 Å². The first kappa shape index (κ1) is 26.9. The van der Waals surface area contributed by atoms with Crippen LogP contribution in [0.5, 0.6) is 0 Å². The highest BCUT2D eigenvalue weighted by Gasteiger charge is 2.25. The highest BCUT2D eigenvalue weighted by Crippen LogP contribution is 2.34. The van der Waals surface area contributed by atoms with E-state index in [1.54, 1.807) is 0 Å². The fourth-order valence-corrected chi connectivity index (χ4v) is 4.95. The summed E-state index contributed by atoms with van der Waals surface area (Å²) in [6.07, 6.45) is 22.7. The molecule has 1 unspecified atom stereocenters. The molecular weight excluding hydrogens is 450 g/mol. The Morgan fingerprint density at radius 2 is 1.23 bits per heavy atom. The van der Waals surface area contributed by atoms with E-state index in [2.05, 4.69) is 57.9 Å². The first-order valence-electron chi connectivity index (χ1n) is 11.5. The molecule has 0 amide bonds. The summed E-state index contributed by atoms with van der Waals surface area (Å²) in [5, 5.41) is 3.67. The third kappa shape index (κ3) is 18.3. The summed E-state index contributed by atoms with van der Waals surface area (Å²) < 4.78 is -0.0925. The van der Waals surface area contributed by atoms with Gasteiger partial charge in [0.2, 0.25) is 0 Å². The van der Waals surface area contributed by atoms with Crippen LogP contribution in [0.3, 0.4) is 0 Å². The monoisotopic (exact) mass is 494 g/mol. The van der Waals surface area contributed by atoms with Gasteiger partial charge in [-0.15, -0.1) is 0 Å². The Kier molecular flexibility index (Phi) is 19.9. The molecule has 1 nitrogen and oxygen atoms in total. The molecule has 1 radical (unpaired) electrons. The van der Waals surface area contributed by atoms with E-state index in [1.165, 1.54) is 96.3 Å². The van der Waals surface area contributed by atoms with Gasteiger partial charge >= 0.3 is 0 Å². The van der Waals surface area contributed by atoms with E-state index in [4.69, 9.17) is 0 Å². The predicted molar refractivity (Wildman–Crippen MR) is 127 cm³/mol. The van der Waals surface area contributed by atoms with Crippen molar-refractivity contribution in [2.24, 2.45) is 5.92 Å². The van der Waals surface area contributed by atoms with Crippen LogP contribution >= 0.6 is 31.9 Å². The minimum absolute atomic E-state index is 0.0925. The van der Waals surface area contributed by atoms with Crippen LogP contribution in [0.15, 0.2) is 0 Å². The van der Waals surface area contributed by atoms with Gasteiger partial charge in [-0.3, -0.25) is 5.32 Å². The van der Waals surface area contributed by atoms with Gasteiger partial charge in [-0.25, -0.2) is 0 Å². The first-order valence-corrected chi connectivity index (χ1v) is 13.1. The molecule has 0 aromatic rings. The van der Waals surface area contributed by atoms with Crippen molar-refractivity contribution in [1.82, 2.24) is 5.32 Å². The Balaban J connectivity index is 3.85. The van der Waals surface area contributed by atoms with Crippen LogP contribution in [0, 0.1) is 12.8 Å². The Morgan fingerprint density at radius 1 is 0.731 bits per heavy atom. The molecule has 3 heteroatoms. The molecule has 1 N–H and O–H groups in total. The summed E-state index contributed by atoms with van der Waals surface area (Å²) in [5.74, 6) is 0.763. The summed E-state index contributed by atoms with van der Waals surface area (Å²) in [4.78, 5) is 0. The first-order chi connectivity index (χ1) is 12.6. The van der Waals surface area contributed by atoms with Gasteiger partial charge in [-0.1, -0.05) is 149 Å². The second kappa shape index (κ2) is 19.2. The molecule has 0 bridgehead atoms. The van der Waals surface area contributed by atoms with Crippen molar-refractivity contribution < 1.29 is 0 Å². The second-order valence-electron chi connectivity index (χ2n) is 8.02. The van der Waals surface area contributed by atoms with Crippen molar-refractivity contribution in [3.05, 3.63) is 6.92 Å². The van der Waals surface area contributed by atoms with Crippen LogP contribution in [0.25, 0.3) is 0 Å². The van der Waals surface area contributed by atoms with Crippen molar-refractivity contribution in [2.45, 2.75) is 126 Å². The Labute approximate surface area is 182 Å². The molecule has 0 aliphatic heterocycles. The number of hydrogen-bond acceptors (Lipinski definition) is 1. The zero-order valence-corrected chi connectivity index (χ0v) is 20.9. The smallest absolute Gasteiger partial charge is 0.130 e. The summed E-state index contributed by atoms with van der Waals surface area (Å²) in [6.45, 7) is 9.75. The van der Waals surface area contributed by atoms with Crippen LogP contribution in [0.2, 0.25) is 0 Å². The van der Waals surface area contributed by atoms with Gasteiger partial charge in [0.15, 0.2) is 0 Å². The molecule has 0 heterocycles. The number of alkyl halides is 2. The van der Waals surface area contributed by atoms with Crippen LogP contribution < -0.4 is 5.32 Å². The Morgan fingerprint density at radius 3 is 1.77 bits per heavy atom. The van der Waals surface area contributed by atoms with E-state index in [-0.39, 0.29) is 3.36 Å². The third-order valence-corrected chi connectivity index (χ3v) is 6.50. The van der Waals surface area contributed by atoms with Crippen molar-refractivity contribution >= 4 is 31.9 Å². The van der Waals surface area contributed by atoms with Crippen molar-refractivity contribution in [2.75, 3.05) is 6.54 Å². The largest absolute Gasteiger partial charge is 0.293 e. The van der Waals surface area contributed by atoms with E-state index in [9.17, 15) is 0 Å². The van der Waals surface area contributed by atoms with E-state index in [0.717, 1.165) is 25.3 Å². The Hall–Kier alpha value is 0.920. The van der Waals surface area contributed by atoms with Gasteiger partial charge in [0.1, 0.15) is 3.36 Å². The number of nitrogens with one attached hydrogen (secondary N) is 1. The van der Waals surface area contributed by atoms with E-state index < -0.39 is 0 Å². The molecule has 26 heavy (non-hydrogen) atoms. The number of rotatable bonds is 20. The fraction of sp³-hybridized carbons (Fsp3) is 0.957. The molecule has 157 valence electrons. The second-order valence-corrected chi connectivity index (χ2v) is 11.8. The fourth-order valence-electron chi connectivity index (χ4n) is 3.64. The maximum atomic E-state index is 4.09. The lowest BCUT2D eigenvalue weighted by Crippen LogP contribution is -2.35. The van der Waals surface area contributed by atoms with E-state index >= 15 is 0 Å².